The molecule has 1 fully saturated rings. The van der Waals surface area contributed by atoms with E-state index in [0.29, 0.717) is 13.0 Å². The minimum atomic E-state index is -2.55. The molecule has 84 valence electrons. The Morgan fingerprint density at radius 1 is 1.57 bits per heavy atom. The van der Waals surface area contributed by atoms with Crippen LogP contribution in [0.25, 0.3) is 0 Å². The molecule has 0 amide bonds. The van der Waals surface area contributed by atoms with Crippen molar-refractivity contribution in [1.82, 2.24) is 4.90 Å². The second-order valence-electron chi connectivity index (χ2n) is 3.58. The van der Waals surface area contributed by atoms with Crippen molar-refractivity contribution in [3.63, 3.8) is 0 Å². The van der Waals surface area contributed by atoms with Crippen LogP contribution in [0.4, 0.5) is 8.78 Å². The summed E-state index contributed by atoms with van der Waals surface area (Å²) >= 11 is 0. The van der Waals surface area contributed by atoms with Crippen molar-refractivity contribution in [2.24, 2.45) is 0 Å². The summed E-state index contributed by atoms with van der Waals surface area (Å²) in [6.07, 6.45) is -3.89. The largest absolute Gasteiger partial charge is 0.391 e. The average Bonchev–Trinajstić information content (AvgIpc) is 2.43. The van der Waals surface area contributed by atoms with Crippen molar-refractivity contribution >= 4 is 0 Å². The van der Waals surface area contributed by atoms with Crippen LogP contribution in [0, 0.1) is 0 Å². The van der Waals surface area contributed by atoms with E-state index in [4.69, 9.17) is 4.74 Å². The van der Waals surface area contributed by atoms with Crippen LogP contribution in [-0.2, 0) is 4.74 Å². The number of hydrogen-bond donors (Lipinski definition) is 1. The number of likely N-dealkylation sites (tertiary alicyclic amines) is 1. The summed E-state index contributed by atoms with van der Waals surface area (Å²) in [5.41, 5.74) is 0. The number of likely N-dealkylation sites (N-methyl/N-ethyl adjacent to an activating group) is 1. The summed E-state index contributed by atoms with van der Waals surface area (Å²) in [6, 6.07) is -0.574. The number of nitrogens with zero attached hydrogens (tertiary/aromatic N) is 1. The fourth-order valence-electron chi connectivity index (χ4n) is 1.93. The van der Waals surface area contributed by atoms with Crippen LogP contribution in [-0.4, -0.2) is 54.9 Å². The first-order valence-electron chi connectivity index (χ1n) is 4.86. The van der Waals surface area contributed by atoms with Gasteiger partial charge in [0.1, 0.15) is 6.10 Å². The lowest BCUT2D eigenvalue weighted by Crippen LogP contribution is -2.47. The molecule has 1 aliphatic heterocycles. The molecule has 0 aromatic heterocycles. The monoisotopic (exact) mass is 209 g/mol. The zero-order chi connectivity index (χ0) is 10.7. The van der Waals surface area contributed by atoms with Crippen molar-refractivity contribution in [1.29, 1.82) is 0 Å². The van der Waals surface area contributed by atoms with E-state index in [1.165, 1.54) is 0 Å². The van der Waals surface area contributed by atoms with Crippen molar-refractivity contribution in [2.45, 2.75) is 38.0 Å². The zero-order valence-electron chi connectivity index (χ0n) is 8.49. The Morgan fingerprint density at radius 2 is 2.21 bits per heavy atom. The molecule has 1 aliphatic rings. The van der Waals surface area contributed by atoms with Gasteiger partial charge in [-0.2, -0.15) is 0 Å². The number of rotatable bonds is 4. The summed E-state index contributed by atoms with van der Waals surface area (Å²) in [6.45, 7) is 2.56. The maximum atomic E-state index is 12.6. The first kappa shape index (κ1) is 11.8. The SMILES string of the molecule is CCO[C@@H](C(F)F)[C@@H]1[C@@H](O)CCN1C. The summed E-state index contributed by atoms with van der Waals surface area (Å²) in [7, 11) is 1.73. The Kier molecular flexibility index (Phi) is 4.22. The number of aliphatic hydroxyl groups is 1. The van der Waals surface area contributed by atoms with Crippen molar-refractivity contribution in [2.75, 3.05) is 20.2 Å². The molecular weight excluding hydrogens is 192 g/mol. The highest BCUT2D eigenvalue weighted by Gasteiger charge is 2.41. The molecule has 5 heteroatoms. The van der Waals surface area contributed by atoms with Gasteiger partial charge >= 0.3 is 0 Å². The lowest BCUT2D eigenvalue weighted by Gasteiger charge is -2.30. The van der Waals surface area contributed by atoms with E-state index in [-0.39, 0.29) is 6.61 Å². The fraction of sp³-hybridized carbons (Fsp3) is 1.00. The molecule has 14 heavy (non-hydrogen) atoms. The van der Waals surface area contributed by atoms with Crippen LogP contribution in [0.2, 0.25) is 0 Å². The topological polar surface area (TPSA) is 32.7 Å². The maximum absolute atomic E-state index is 12.6. The molecular formula is C9H17F2NO2. The second kappa shape index (κ2) is 5.00. The molecule has 0 aliphatic carbocycles. The smallest absolute Gasteiger partial charge is 0.265 e. The molecule has 3 atom stereocenters. The van der Waals surface area contributed by atoms with Crippen LogP contribution in [0.5, 0.6) is 0 Å². The number of ether oxygens (including phenoxy) is 1. The minimum Gasteiger partial charge on any atom is -0.391 e. The zero-order valence-corrected chi connectivity index (χ0v) is 8.49. The van der Waals surface area contributed by atoms with E-state index in [1.54, 1.807) is 18.9 Å². The summed E-state index contributed by atoms with van der Waals surface area (Å²) in [5.74, 6) is 0. The van der Waals surface area contributed by atoms with E-state index in [1.807, 2.05) is 0 Å². The second-order valence-corrected chi connectivity index (χ2v) is 3.58. The summed E-state index contributed by atoms with van der Waals surface area (Å²) in [5, 5.41) is 9.55. The lowest BCUT2D eigenvalue weighted by atomic mass is 10.1. The number of hydrogen-bond acceptors (Lipinski definition) is 3. The van der Waals surface area contributed by atoms with Gasteiger partial charge in [-0.25, -0.2) is 8.78 Å². The van der Waals surface area contributed by atoms with Crippen molar-refractivity contribution < 1.29 is 18.6 Å². The average molecular weight is 209 g/mol. The van der Waals surface area contributed by atoms with E-state index < -0.39 is 24.7 Å². The van der Waals surface area contributed by atoms with Crippen LogP contribution in [0.3, 0.4) is 0 Å². The molecule has 0 spiro atoms. The minimum absolute atomic E-state index is 0.242. The Labute approximate surface area is 82.7 Å². The fourth-order valence-corrected chi connectivity index (χ4v) is 1.93. The molecule has 0 bridgehead atoms. The lowest BCUT2D eigenvalue weighted by molar-refractivity contribution is -0.102. The highest BCUT2D eigenvalue weighted by Crippen LogP contribution is 2.24. The van der Waals surface area contributed by atoms with Gasteiger partial charge in [0.2, 0.25) is 0 Å². The first-order valence-corrected chi connectivity index (χ1v) is 4.86. The van der Waals surface area contributed by atoms with Gasteiger partial charge in [-0.05, 0) is 20.4 Å². The molecule has 1 N–H and O–H groups in total. The van der Waals surface area contributed by atoms with Crippen LogP contribution < -0.4 is 0 Å². The highest BCUT2D eigenvalue weighted by atomic mass is 19.3. The van der Waals surface area contributed by atoms with E-state index >= 15 is 0 Å². The third kappa shape index (κ3) is 2.40. The Balaban J connectivity index is 2.65. The van der Waals surface area contributed by atoms with Crippen molar-refractivity contribution in [3.8, 4) is 0 Å². The van der Waals surface area contributed by atoms with Crippen LogP contribution in [0.1, 0.15) is 13.3 Å². The van der Waals surface area contributed by atoms with Gasteiger partial charge < -0.3 is 9.84 Å². The first-order chi connectivity index (χ1) is 6.57. The Hall–Kier alpha value is -0.260. The number of alkyl halides is 2. The van der Waals surface area contributed by atoms with Crippen LogP contribution >= 0.6 is 0 Å². The van der Waals surface area contributed by atoms with E-state index in [0.717, 1.165) is 0 Å². The van der Waals surface area contributed by atoms with Gasteiger partial charge in [0.05, 0.1) is 12.1 Å². The molecule has 1 heterocycles. The van der Waals surface area contributed by atoms with Gasteiger partial charge in [0.15, 0.2) is 0 Å². The molecule has 0 saturated carbocycles. The normalized spacial score (nSPS) is 31.3. The maximum Gasteiger partial charge on any atom is 0.265 e. The molecule has 1 rings (SSSR count). The molecule has 3 nitrogen and oxygen atoms in total. The molecule has 0 aromatic carbocycles. The van der Waals surface area contributed by atoms with Crippen molar-refractivity contribution in [3.05, 3.63) is 0 Å². The van der Waals surface area contributed by atoms with E-state index in [2.05, 4.69) is 0 Å². The number of halogens is 2. The Bertz CT molecular complexity index is 170. The van der Waals surface area contributed by atoms with Gasteiger partial charge in [-0.3, -0.25) is 4.90 Å². The molecule has 0 radical (unpaired) electrons. The van der Waals surface area contributed by atoms with Gasteiger partial charge in [0.25, 0.3) is 6.43 Å². The highest BCUT2D eigenvalue weighted by molar-refractivity contribution is 4.92. The summed E-state index contributed by atoms with van der Waals surface area (Å²) in [4.78, 5) is 1.73. The third-order valence-electron chi connectivity index (χ3n) is 2.62. The number of aliphatic hydroxyl groups excluding tert-OH is 1. The predicted molar refractivity (Wildman–Crippen MR) is 48.5 cm³/mol. The third-order valence-corrected chi connectivity index (χ3v) is 2.62. The van der Waals surface area contributed by atoms with Gasteiger partial charge in [-0.1, -0.05) is 0 Å². The predicted octanol–water partition coefficient (Wildman–Crippen LogP) is 0.722. The standard InChI is InChI=1S/C9H17F2NO2/c1-3-14-8(9(10)11)7-6(13)4-5-12(7)2/h6-9,13H,3-5H2,1-2H3/t6-,7-,8+/m0/s1. The van der Waals surface area contributed by atoms with E-state index in [9.17, 15) is 13.9 Å². The summed E-state index contributed by atoms with van der Waals surface area (Å²) < 4.78 is 30.2. The Morgan fingerprint density at radius 3 is 2.57 bits per heavy atom. The van der Waals surface area contributed by atoms with Gasteiger partial charge in [0, 0.05) is 13.2 Å². The molecule has 1 saturated heterocycles. The molecule has 0 unspecified atom stereocenters. The quantitative estimate of drug-likeness (QED) is 0.740. The molecule has 0 aromatic rings. The van der Waals surface area contributed by atoms with Gasteiger partial charge in [-0.15, -0.1) is 0 Å². The van der Waals surface area contributed by atoms with Crippen LogP contribution in [0.15, 0.2) is 0 Å².